The van der Waals surface area contributed by atoms with Gasteiger partial charge in [-0.05, 0) is 54.1 Å². The van der Waals surface area contributed by atoms with Gasteiger partial charge in [0.05, 0.1) is 36.2 Å². The van der Waals surface area contributed by atoms with Crippen LogP contribution in [0.2, 0.25) is 0 Å². The number of amides is 2. The lowest BCUT2D eigenvalue weighted by Crippen LogP contribution is -2.39. The van der Waals surface area contributed by atoms with Gasteiger partial charge in [0, 0.05) is 51.7 Å². The van der Waals surface area contributed by atoms with Gasteiger partial charge >= 0.3 is 0 Å². The summed E-state index contributed by atoms with van der Waals surface area (Å²) in [5.74, 6) is 0.265. The molecule has 0 unspecified atom stereocenters. The molecule has 3 aromatic rings. The van der Waals surface area contributed by atoms with Crippen LogP contribution in [0.5, 0.6) is 5.75 Å². The molecule has 2 amide bonds. The number of aromatic nitrogens is 1. The van der Waals surface area contributed by atoms with Crippen molar-refractivity contribution in [2.24, 2.45) is 13.0 Å². The van der Waals surface area contributed by atoms with Crippen molar-refractivity contribution in [3.63, 3.8) is 0 Å². The SMILES string of the molecule is COc1c(NC(=O)c2cc3cccc(CN4CCCN(C(=O)[C@H]5CCNC5)CC4)c3n2C)cc(C(C)(C)C)cc1NS(C)(=O)=O. The molecule has 0 spiro atoms. The van der Waals surface area contributed by atoms with Gasteiger partial charge in [-0.2, -0.15) is 0 Å². The van der Waals surface area contributed by atoms with Crippen LogP contribution in [0, 0.1) is 5.92 Å². The number of aryl methyl sites for hydroxylation is 1. The normalized spacial score (nSPS) is 18.2. The highest BCUT2D eigenvalue weighted by Gasteiger charge is 2.29. The minimum atomic E-state index is -3.60. The van der Waals surface area contributed by atoms with E-state index < -0.39 is 10.0 Å². The van der Waals surface area contributed by atoms with Gasteiger partial charge in [0.2, 0.25) is 15.9 Å². The smallest absolute Gasteiger partial charge is 0.272 e. The third kappa shape index (κ3) is 7.45. The molecule has 0 aliphatic carbocycles. The van der Waals surface area contributed by atoms with E-state index >= 15 is 0 Å². The summed E-state index contributed by atoms with van der Waals surface area (Å²) < 4.78 is 34.3. The lowest BCUT2D eigenvalue weighted by molar-refractivity contribution is -0.134. The Morgan fingerprint density at radius 2 is 1.82 bits per heavy atom. The molecular weight excluding hydrogens is 592 g/mol. The molecule has 2 saturated heterocycles. The number of carbonyl (C=O) groups is 2. The Bertz CT molecular complexity index is 1690. The third-order valence-corrected chi connectivity index (χ3v) is 9.37. The predicted octanol–water partition coefficient (Wildman–Crippen LogP) is 3.75. The molecule has 45 heavy (non-hydrogen) atoms. The van der Waals surface area contributed by atoms with Crippen molar-refractivity contribution in [2.75, 3.05) is 62.7 Å². The Hall–Kier alpha value is -3.61. The summed E-state index contributed by atoms with van der Waals surface area (Å²) >= 11 is 0. The molecule has 2 aliphatic rings. The third-order valence-electron chi connectivity index (χ3n) is 8.78. The number of anilines is 2. The fraction of sp³-hybridized carbons (Fsp3) is 0.515. The van der Waals surface area contributed by atoms with E-state index in [9.17, 15) is 18.0 Å². The van der Waals surface area contributed by atoms with E-state index in [-0.39, 0.29) is 34.6 Å². The molecule has 5 rings (SSSR count). The number of rotatable bonds is 8. The number of sulfonamides is 1. The minimum Gasteiger partial charge on any atom is -0.492 e. The number of methoxy groups -OCH3 is 1. The highest BCUT2D eigenvalue weighted by atomic mass is 32.2. The van der Waals surface area contributed by atoms with E-state index in [1.807, 2.05) is 61.6 Å². The first-order valence-corrected chi connectivity index (χ1v) is 17.4. The average molecular weight is 639 g/mol. The van der Waals surface area contributed by atoms with Crippen LogP contribution < -0.4 is 20.1 Å². The summed E-state index contributed by atoms with van der Waals surface area (Å²) in [6.07, 6.45) is 2.92. The highest BCUT2D eigenvalue weighted by molar-refractivity contribution is 7.92. The zero-order chi connectivity index (χ0) is 32.5. The van der Waals surface area contributed by atoms with Crippen LogP contribution in [-0.2, 0) is 33.8 Å². The number of nitrogens with one attached hydrogen (secondary N) is 3. The first-order valence-electron chi connectivity index (χ1n) is 15.6. The Kier molecular flexibility index (Phi) is 9.48. The predicted molar refractivity (Wildman–Crippen MR) is 178 cm³/mol. The summed E-state index contributed by atoms with van der Waals surface area (Å²) in [6, 6.07) is 11.6. The van der Waals surface area contributed by atoms with Crippen LogP contribution in [0.15, 0.2) is 36.4 Å². The molecular formula is C33H46N6O5S. The quantitative estimate of drug-likeness (QED) is 0.343. The summed E-state index contributed by atoms with van der Waals surface area (Å²) in [7, 11) is -0.263. The van der Waals surface area contributed by atoms with Gasteiger partial charge in [-0.3, -0.25) is 19.2 Å². The molecule has 3 heterocycles. The van der Waals surface area contributed by atoms with E-state index in [0.29, 0.717) is 17.9 Å². The topological polar surface area (TPSA) is 125 Å². The van der Waals surface area contributed by atoms with Crippen molar-refractivity contribution in [3.05, 3.63) is 53.2 Å². The van der Waals surface area contributed by atoms with E-state index in [1.54, 1.807) is 6.07 Å². The van der Waals surface area contributed by atoms with Crippen molar-refractivity contribution in [1.82, 2.24) is 19.7 Å². The maximum Gasteiger partial charge on any atom is 0.272 e. The highest BCUT2D eigenvalue weighted by Crippen LogP contribution is 2.39. The molecule has 1 atom stereocenters. The largest absolute Gasteiger partial charge is 0.492 e. The van der Waals surface area contributed by atoms with Crippen molar-refractivity contribution in [3.8, 4) is 5.75 Å². The molecule has 0 radical (unpaired) electrons. The van der Waals surface area contributed by atoms with Gasteiger partial charge in [0.25, 0.3) is 5.91 Å². The van der Waals surface area contributed by atoms with Crippen molar-refractivity contribution in [1.29, 1.82) is 0 Å². The van der Waals surface area contributed by atoms with Gasteiger partial charge in [-0.1, -0.05) is 39.0 Å². The maximum atomic E-state index is 13.8. The van der Waals surface area contributed by atoms with Crippen molar-refractivity contribution >= 4 is 44.1 Å². The number of ether oxygens (including phenoxy) is 1. The number of para-hydroxylation sites is 1. The molecule has 3 N–H and O–H groups in total. The first kappa shape index (κ1) is 32.8. The van der Waals surface area contributed by atoms with Crippen LogP contribution >= 0.6 is 0 Å². The Balaban J connectivity index is 1.39. The molecule has 244 valence electrons. The second-order valence-corrected chi connectivity index (χ2v) is 15.0. The maximum absolute atomic E-state index is 13.8. The number of nitrogens with zero attached hydrogens (tertiary/aromatic N) is 3. The Morgan fingerprint density at radius 1 is 1.07 bits per heavy atom. The second kappa shape index (κ2) is 13.0. The molecule has 11 nitrogen and oxygen atoms in total. The van der Waals surface area contributed by atoms with Crippen LogP contribution in [0.1, 0.15) is 55.2 Å². The minimum absolute atomic E-state index is 0.0941. The molecule has 0 saturated carbocycles. The van der Waals surface area contributed by atoms with Crippen molar-refractivity contribution < 1.29 is 22.7 Å². The zero-order valence-electron chi connectivity index (χ0n) is 27.2. The van der Waals surface area contributed by atoms with Crippen LogP contribution in [0.3, 0.4) is 0 Å². The lowest BCUT2D eigenvalue weighted by Gasteiger charge is -2.24. The van der Waals surface area contributed by atoms with E-state index in [4.69, 9.17) is 4.74 Å². The first-order chi connectivity index (χ1) is 21.2. The molecule has 12 heteroatoms. The molecule has 2 aliphatic heterocycles. The van der Waals surface area contributed by atoms with E-state index in [1.165, 1.54) is 7.11 Å². The van der Waals surface area contributed by atoms with Crippen LogP contribution in [0.4, 0.5) is 11.4 Å². The van der Waals surface area contributed by atoms with Crippen LogP contribution in [0.25, 0.3) is 10.9 Å². The number of carbonyl (C=O) groups excluding carboxylic acids is 2. The second-order valence-electron chi connectivity index (χ2n) is 13.3. The molecule has 2 aromatic carbocycles. The fourth-order valence-electron chi connectivity index (χ4n) is 6.40. The van der Waals surface area contributed by atoms with Gasteiger partial charge in [0.1, 0.15) is 5.69 Å². The Labute approximate surface area is 266 Å². The summed E-state index contributed by atoms with van der Waals surface area (Å²) in [6.45, 7) is 11.7. The number of fused-ring (bicyclic) bond motifs is 1. The van der Waals surface area contributed by atoms with Gasteiger partial charge < -0.3 is 24.8 Å². The molecule has 0 bridgehead atoms. The monoisotopic (exact) mass is 638 g/mol. The Morgan fingerprint density at radius 3 is 2.49 bits per heavy atom. The van der Waals surface area contributed by atoms with Crippen LogP contribution in [-0.4, -0.2) is 87.2 Å². The molecule has 1 aromatic heterocycles. The van der Waals surface area contributed by atoms with Gasteiger partial charge in [-0.15, -0.1) is 0 Å². The van der Waals surface area contributed by atoms with Crippen molar-refractivity contribution in [2.45, 2.75) is 45.6 Å². The van der Waals surface area contributed by atoms with Gasteiger partial charge in [0.15, 0.2) is 5.75 Å². The summed E-state index contributed by atoms with van der Waals surface area (Å²) in [4.78, 5) is 31.2. The van der Waals surface area contributed by atoms with E-state index in [0.717, 1.165) is 80.4 Å². The average Bonchev–Trinajstić information content (AvgIpc) is 3.55. The lowest BCUT2D eigenvalue weighted by atomic mass is 9.86. The summed E-state index contributed by atoms with van der Waals surface area (Å²) in [5, 5.41) is 7.25. The molecule has 2 fully saturated rings. The van der Waals surface area contributed by atoms with E-state index in [2.05, 4.69) is 26.3 Å². The van der Waals surface area contributed by atoms with Gasteiger partial charge in [-0.25, -0.2) is 8.42 Å². The standard InChI is InChI=1S/C33H46N6O5S/c1-33(2,3)25-18-26(30(44-5)27(19-25)36-45(6,42)43)35-31(40)28-17-22-9-7-10-24(29(22)37(28)4)21-38-13-8-14-39(16-15-38)32(41)23-11-12-34-20-23/h7,9-10,17-19,23,34,36H,8,11-16,20-21H2,1-6H3,(H,35,40)/t23-/m0/s1. The zero-order valence-corrected chi connectivity index (χ0v) is 28.0. The number of benzene rings is 2. The number of hydrogen-bond acceptors (Lipinski definition) is 7. The summed E-state index contributed by atoms with van der Waals surface area (Å²) in [5.41, 5.74) is 3.72. The number of hydrogen-bond donors (Lipinski definition) is 3. The fourth-order valence-corrected chi connectivity index (χ4v) is 6.95.